The van der Waals surface area contributed by atoms with Crippen molar-refractivity contribution in [3.05, 3.63) is 54.1 Å². The summed E-state index contributed by atoms with van der Waals surface area (Å²) in [6.07, 6.45) is -9.32. The van der Waals surface area contributed by atoms with Gasteiger partial charge in [-0.3, -0.25) is 0 Å². The number of ether oxygens (including phenoxy) is 1. The third-order valence-corrected chi connectivity index (χ3v) is 2.55. The molecule has 0 aliphatic carbocycles. The zero-order chi connectivity index (χ0) is 15.7. The van der Waals surface area contributed by atoms with E-state index < -0.39 is 23.9 Å². The summed E-state index contributed by atoms with van der Waals surface area (Å²) < 4.78 is 77.2. The Bertz CT molecular complexity index is 613. The largest absolute Gasteiger partial charge is 0.573 e. The van der Waals surface area contributed by atoms with E-state index in [4.69, 9.17) is 0 Å². The van der Waals surface area contributed by atoms with E-state index in [0.717, 1.165) is 18.2 Å². The van der Waals surface area contributed by atoms with Crippen molar-refractivity contribution in [2.75, 3.05) is 0 Å². The zero-order valence-corrected chi connectivity index (χ0v) is 10.2. The highest BCUT2D eigenvalue weighted by Gasteiger charge is 2.31. The van der Waals surface area contributed by atoms with Gasteiger partial charge in [-0.2, -0.15) is 13.2 Å². The third kappa shape index (κ3) is 4.14. The Hall–Kier alpha value is -2.18. The van der Waals surface area contributed by atoms with Gasteiger partial charge in [-0.15, -0.1) is 13.2 Å². The molecule has 0 saturated carbocycles. The molecule has 0 bridgehead atoms. The van der Waals surface area contributed by atoms with E-state index in [9.17, 15) is 26.3 Å². The minimum Gasteiger partial charge on any atom is -0.405 e. The number of halogens is 6. The monoisotopic (exact) mass is 305 g/mol. The van der Waals surface area contributed by atoms with Crippen LogP contribution in [0.15, 0.2) is 42.5 Å². The predicted octanol–water partition coefficient (Wildman–Crippen LogP) is 5.07. The Balaban J connectivity index is 2.28. The summed E-state index contributed by atoms with van der Waals surface area (Å²) in [5, 5.41) is 0. The fourth-order valence-electron chi connectivity index (χ4n) is 1.66. The molecule has 0 aliphatic rings. The first kappa shape index (κ1) is 15.2. The van der Waals surface area contributed by atoms with Crippen LogP contribution in [0.1, 0.15) is 5.56 Å². The summed E-state index contributed by atoms with van der Waals surface area (Å²) in [4.78, 5) is 0. The van der Waals surface area contributed by atoms with Crippen LogP contribution in [0.4, 0.5) is 26.3 Å². The van der Waals surface area contributed by atoms with E-state index >= 15 is 0 Å². The molecule has 1 nitrogen and oxygen atoms in total. The molecule has 1 radical (unpaired) electrons. The minimum absolute atomic E-state index is 0.293. The van der Waals surface area contributed by atoms with E-state index in [1.165, 1.54) is 24.3 Å². The number of benzene rings is 2. The van der Waals surface area contributed by atoms with Crippen LogP contribution in [0.2, 0.25) is 0 Å². The van der Waals surface area contributed by atoms with Gasteiger partial charge in [0.2, 0.25) is 0 Å². The fraction of sp³-hybridized carbons (Fsp3) is 0.143. The normalized spacial score (nSPS) is 12.3. The average Bonchev–Trinajstić information content (AvgIpc) is 2.36. The first-order valence-electron chi connectivity index (χ1n) is 5.60. The summed E-state index contributed by atoms with van der Waals surface area (Å²) in [6.45, 7) is 0. The van der Waals surface area contributed by atoms with Crippen molar-refractivity contribution in [2.45, 2.75) is 12.5 Å². The van der Waals surface area contributed by atoms with Crippen LogP contribution in [0.3, 0.4) is 0 Å². The maximum atomic E-state index is 12.4. The number of hydrogen-bond acceptors (Lipinski definition) is 1. The molecule has 0 N–H and O–H groups in total. The Morgan fingerprint density at radius 1 is 0.810 bits per heavy atom. The average molecular weight is 305 g/mol. The summed E-state index contributed by atoms with van der Waals surface area (Å²) in [7, 11) is 0. The van der Waals surface area contributed by atoms with Crippen LogP contribution in [0.5, 0.6) is 5.75 Å². The molecular weight excluding hydrogens is 298 g/mol. The molecule has 2 aromatic carbocycles. The first-order valence-corrected chi connectivity index (χ1v) is 5.60. The Kier molecular flexibility index (Phi) is 3.85. The summed E-state index contributed by atoms with van der Waals surface area (Å²) >= 11 is 0. The van der Waals surface area contributed by atoms with Crippen LogP contribution in [-0.4, -0.2) is 6.36 Å². The lowest BCUT2D eigenvalue weighted by Gasteiger charge is -2.10. The zero-order valence-electron chi connectivity index (χ0n) is 10.2. The molecule has 0 fully saturated rings. The van der Waals surface area contributed by atoms with Gasteiger partial charge in [0.25, 0.3) is 0 Å². The van der Waals surface area contributed by atoms with Gasteiger partial charge in [-0.25, -0.2) is 0 Å². The lowest BCUT2D eigenvalue weighted by atomic mass is 10.0. The van der Waals surface area contributed by atoms with E-state index in [2.05, 4.69) is 10.8 Å². The van der Waals surface area contributed by atoms with Gasteiger partial charge >= 0.3 is 12.5 Å². The Morgan fingerprint density at radius 3 is 1.95 bits per heavy atom. The highest BCUT2D eigenvalue weighted by Crippen LogP contribution is 2.32. The van der Waals surface area contributed by atoms with Gasteiger partial charge in [0.05, 0.1) is 5.56 Å². The van der Waals surface area contributed by atoms with Gasteiger partial charge < -0.3 is 4.74 Å². The van der Waals surface area contributed by atoms with Gasteiger partial charge in [-0.1, -0.05) is 18.2 Å². The molecular formula is C14H7F6O. The lowest BCUT2D eigenvalue weighted by Crippen LogP contribution is -2.17. The molecule has 21 heavy (non-hydrogen) atoms. The van der Waals surface area contributed by atoms with Crippen LogP contribution in [-0.2, 0) is 6.18 Å². The van der Waals surface area contributed by atoms with Gasteiger partial charge in [0.1, 0.15) is 5.75 Å². The smallest absolute Gasteiger partial charge is 0.405 e. The number of alkyl halides is 6. The summed E-state index contributed by atoms with van der Waals surface area (Å²) in [5.41, 5.74) is -0.203. The summed E-state index contributed by atoms with van der Waals surface area (Å²) in [6, 6.07) is 9.99. The van der Waals surface area contributed by atoms with E-state index in [0.29, 0.717) is 11.1 Å². The molecule has 0 aliphatic heterocycles. The van der Waals surface area contributed by atoms with E-state index in [-0.39, 0.29) is 0 Å². The van der Waals surface area contributed by atoms with Gasteiger partial charge in [0.15, 0.2) is 0 Å². The van der Waals surface area contributed by atoms with Crippen molar-refractivity contribution in [3.63, 3.8) is 0 Å². The highest BCUT2D eigenvalue weighted by molar-refractivity contribution is 5.65. The van der Waals surface area contributed by atoms with Crippen molar-refractivity contribution < 1.29 is 31.1 Å². The molecule has 7 heteroatoms. The highest BCUT2D eigenvalue weighted by atomic mass is 19.4. The molecule has 0 spiro atoms. The fourth-order valence-corrected chi connectivity index (χ4v) is 1.66. The molecule has 111 valence electrons. The third-order valence-electron chi connectivity index (χ3n) is 2.55. The Labute approximate surface area is 115 Å². The number of rotatable bonds is 2. The lowest BCUT2D eigenvalue weighted by molar-refractivity contribution is -0.274. The van der Waals surface area contributed by atoms with Crippen molar-refractivity contribution in [2.24, 2.45) is 0 Å². The predicted molar refractivity (Wildman–Crippen MR) is 62.4 cm³/mol. The van der Waals surface area contributed by atoms with E-state index in [1.54, 1.807) is 0 Å². The SMILES string of the molecule is FC(F)(F)Oc1[c]ccc(-c2ccc(C(F)(F)F)cc2)c1. The topological polar surface area (TPSA) is 9.23 Å². The van der Waals surface area contributed by atoms with Crippen LogP contribution in [0, 0.1) is 6.07 Å². The van der Waals surface area contributed by atoms with Crippen molar-refractivity contribution in [1.29, 1.82) is 0 Å². The van der Waals surface area contributed by atoms with Gasteiger partial charge in [0, 0.05) is 6.07 Å². The van der Waals surface area contributed by atoms with E-state index in [1.807, 2.05) is 0 Å². The molecule has 2 rings (SSSR count). The second-order valence-electron chi connectivity index (χ2n) is 4.06. The van der Waals surface area contributed by atoms with Crippen LogP contribution < -0.4 is 4.74 Å². The molecule has 0 heterocycles. The maximum Gasteiger partial charge on any atom is 0.573 e. The molecule has 0 atom stereocenters. The first-order chi connectivity index (χ1) is 9.65. The Morgan fingerprint density at radius 2 is 1.43 bits per heavy atom. The number of hydrogen-bond donors (Lipinski definition) is 0. The second-order valence-corrected chi connectivity index (χ2v) is 4.06. The van der Waals surface area contributed by atoms with Gasteiger partial charge in [-0.05, 0) is 35.4 Å². The molecule has 0 amide bonds. The van der Waals surface area contributed by atoms with Crippen molar-refractivity contribution in [3.8, 4) is 16.9 Å². The second kappa shape index (κ2) is 5.31. The molecule has 0 unspecified atom stereocenters. The van der Waals surface area contributed by atoms with Crippen molar-refractivity contribution >= 4 is 0 Å². The van der Waals surface area contributed by atoms with Crippen LogP contribution >= 0.6 is 0 Å². The maximum absolute atomic E-state index is 12.4. The minimum atomic E-state index is -4.85. The quantitative estimate of drug-likeness (QED) is 0.704. The molecule has 2 aromatic rings. The molecule has 0 saturated heterocycles. The molecule has 0 aromatic heterocycles. The standard InChI is InChI=1S/C14H7F6O/c15-13(16,17)11-6-4-9(5-7-11)10-2-1-3-12(8-10)21-14(18,19)20/h1-2,4-8H. The van der Waals surface area contributed by atoms with Crippen LogP contribution in [0.25, 0.3) is 11.1 Å². The van der Waals surface area contributed by atoms with Crippen molar-refractivity contribution in [1.82, 2.24) is 0 Å². The summed E-state index contributed by atoms with van der Waals surface area (Å²) in [5.74, 6) is -0.556.